The van der Waals surface area contributed by atoms with Crippen molar-refractivity contribution in [2.45, 2.75) is 267 Å². The number of aromatic nitrogens is 15. The molecular weight excluding hydrogens is 2070 g/mol. The van der Waals surface area contributed by atoms with Crippen LogP contribution in [0.25, 0.3) is 0 Å². The van der Waals surface area contributed by atoms with E-state index in [1.54, 1.807) is 43.2 Å². The summed E-state index contributed by atoms with van der Waals surface area (Å²) in [5, 5.41) is 12.1. The number of nitrogens with two attached hydrogens (primary N) is 10. The zero-order valence-electron chi connectivity index (χ0n) is 82.0. The van der Waals surface area contributed by atoms with Crippen LogP contribution in [0.1, 0.15) is 179 Å². The van der Waals surface area contributed by atoms with Gasteiger partial charge in [0.2, 0.25) is 0 Å². The molecule has 21 N–H and O–H groups in total. The van der Waals surface area contributed by atoms with E-state index in [1.165, 1.54) is 60.3 Å². The first-order valence-electron chi connectivity index (χ1n) is 49.2. The molecule has 5 saturated heterocycles. The minimum absolute atomic E-state index is 0.0437. The highest BCUT2D eigenvalue weighted by Gasteiger charge is 2.53. The van der Waals surface area contributed by atoms with Gasteiger partial charge in [-0.15, -0.1) is 0 Å². The van der Waals surface area contributed by atoms with Gasteiger partial charge in [-0.05, 0) is 234 Å². The van der Waals surface area contributed by atoms with Gasteiger partial charge in [0.25, 0.3) is 0 Å². The topological polar surface area (TPSA) is 490 Å². The van der Waals surface area contributed by atoms with Crippen LogP contribution in [0, 0.1) is 50.7 Å². The number of anilines is 10. The van der Waals surface area contributed by atoms with Crippen molar-refractivity contribution in [1.82, 2.24) is 74.8 Å². The van der Waals surface area contributed by atoms with Gasteiger partial charge in [0, 0.05) is 151 Å². The Morgan fingerprint density at radius 1 is 0.297 bits per heavy atom. The second-order valence-corrected chi connectivity index (χ2v) is 46.9. The molecule has 15 heterocycles. The van der Waals surface area contributed by atoms with Crippen molar-refractivity contribution in [1.29, 1.82) is 0 Å². The molecule has 10 aromatic heterocycles. The Labute approximate surface area is 881 Å². The van der Waals surface area contributed by atoms with Crippen LogP contribution in [0.2, 0.25) is 10.2 Å². The highest BCUT2D eigenvalue weighted by Crippen LogP contribution is 2.56. The second-order valence-electron chi connectivity index (χ2n) is 41.0. The average molecular weight is 2200 g/mol. The van der Waals surface area contributed by atoms with E-state index in [9.17, 15) is 57.8 Å². The van der Waals surface area contributed by atoms with E-state index in [1.807, 2.05) is 0 Å². The SMILES string of the molecule is CC1CC(N)C2(CCN(c3cnc(Sc4cccnc4C(F)(F)F)c(N)n3)CC2)C1.C[C@@H]1C[C@@H](N)C2(CCN(c3cnc(Sc4cccnc4C(F)(F)F)c(N)n3)CC2)C1.C[C@H]1C[C@@H](N)C2(CCN(c3cnc(Sc4cccnc4C(F)(F)F)c(N)n3)CC2)C1.C[C@H]1C[C@H](N)C2(CCN(c3cnc(Sc4cccnc4C(F)(F)F)c(N)n3)CC2)C1.Nc1nc(N2CCC3(CC2)C[C@@H](O)C[C@H]3N)cnc1Sc1ccnc(Cl)c1Cl. The molecular formula is C98H122Cl2F12N30OS5. The second kappa shape index (κ2) is 45.7. The maximum Gasteiger partial charge on any atom is 0.434 e. The normalized spacial score (nSPS) is 23.9. The molecule has 2 unspecified atom stereocenters. The molecule has 148 heavy (non-hydrogen) atoms. The van der Waals surface area contributed by atoms with Crippen LogP contribution in [0.3, 0.4) is 0 Å². The lowest BCUT2D eigenvalue weighted by atomic mass is 9.74. The standard InChI is InChI=1S/4C20H25F3N6S.C18H22Cl2N6OS/c4*1-12-9-14(24)19(10-12)4-7-29(8-5-19)15-11-27-18(17(25)28-15)30-13-3-2-6-26-16(13)20(21,22)23;19-14-11(1-4-23-15(14)20)28-17-16(22)25-13(9-24-17)26-5-2-18(3-6-26)8-10(27)7-12(18)21/h4*2-3,6,11-12,14H,4-5,7-10,24H2,1H3,(H2,25,28);1,4,9-10,12,27H,2-3,5-8,21H2,(H2,22,25)/t12-,14+;2*12-,14-;;10-,12+/m010.0/s1. The molecule has 10 aromatic rings. The molecule has 5 saturated carbocycles. The summed E-state index contributed by atoms with van der Waals surface area (Å²) in [4.78, 5) is 72.9. The minimum atomic E-state index is -4.55. The first-order valence-corrected chi connectivity index (χ1v) is 54.0. The molecule has 798 valence electrons. The molecule has 10 atom stereocenters. The van der Waals surface area contributed by atoms with E-state index in [0.29, 0.717) is 69.2 Å². The summed E-state index contributed by atoms with van der Waals surface area (Å²) in [6.45, 7) is 17.3. The molecule has 0 radical (unpaired) electrons. The van der Waals surface area contributed by atoms with Gasteiger partial charge < -0.3 is 86.9 Å². The summed E-state index contributed by atoms with van der Waals surface area (Å²) in [6, 6.07) is 14.0. The van der Waals surface area contributed by atoms with Gasteiger partial charge in [0.15, 0.2) is 51.9 Å². The summed E-state index contributed by atoms with van der Waals surface area (Å²) in [6.07, 6.45) is 16.0. The number of piperidine rings is 5. The Balaban J connectivity index is 0.000000132. The molecule has 10 aliphatic rings. The van der Waals surface area contributed by atoms with E-state index in [4.69, 9.17) is 80.5 Å². The van der Waals surface area contributed by atoms with Crippen LogP contribution in [0.5, 0.6) is 0 Å². The number of nitrogens with zero attached hydrogens (tertiary/aromatic N) is 20. The molecule has 5 aliphatic carbocycles. The minimum Gasteiger partial charge on any atom is -0.393 e. The first kappa shape index (κ1) is 111. The van der Waals surface area contributed by atoms with E-state index in [2.05, 4.69) is 127 Å². The van der Waals surface area contributed by atoms with Gasteiger partial charge in [-0.2, -0.15) is 52.7 Å². The Bertz CT molecular complexity index is 5660. The lowest BCUT2D eigenvalue weighted by Gasteiger charge is -2.42. The third-order valence-corrected chi connectivity index (χ3v) is 37.1. The van der Waals surface area contributed by atoms with Crippen LogP contribution in [-0.4, -0.2) is 182 Å². The monoisotopic (exact) mass is 2190 g/mol. The van der Waals surface area contributed by atoms with Gasteiger partial charge in [-0.3, -0.25) is 19.9 Å². The summed E-state index contributed by atoms with van der Waals surface area (Å²) < 4.78 is 158. The number of hydrogen-bond acceptors (Lipinski definition) is 36. The van der Waals surface area contributed by atoms with Crippen LogP contribution < -0.4 is 81.8 Å². The van der Waals surface area contributed by atoms with E-state index in [-0.39, 0.29) is 131 Å². The summed E-state index contributed by atoms with van der Waals surface area (Å²) in [5.74, 6) is 6.77. The largest absolute Gasteiger partial charge is 0.434 e. The number of aliphatic hydroxyl groups is 1. The molecule has 0 bridgehead atoms. The molecule has 5 aliphatic heterocycles. The molecule has 5 spiro atoms. The lowest BCUT2D eigenvalue weighted by molar-refractivity contribution is -0.144. The molecule has 0 aromatic carbocycles. The Morgan fingerprint density at radius 2 is 0.507 bits per heavy atom. The maximum atomic E-state index is 13.2. The number of hydrogen-bond donors (Lipinski definition) is 11. The smallest absolute Gasteiger partial charge is 0.393 e. The van der Waals surface area contributed by atoms with Crippen molar-refractivity contribution in [3.05, 3.63) is 150 Å². The van der Waals surface area contributed by atoms with Gasteiger partial charge in [-0.1, -0.05) is 110 Å². The van der Waals surface area contributed by atoms with Gasteiger partial charge in [-0.25, -0.2) is 54.8 Å². The van der Waals surface area contributed by atoms with Crippen LogP contribution >= 0.6 is 82.0 Å². The van der Waals surface area contributed by atoms with Crippen molar-refractivity contribution in [3.8, 4) is 0 Å². The summed E-state index contributed by atoms with van der Waals surface area (Å²) in [5.41, 5.74) is 59.4. The summed E-state index contributed by atoms with van der Waals surface area (Å²) >= 11 is 16.8. The molecule has 20 rings (SSSR count). The van der Waals surface area contributed by atoms with Crippen LogP contribution in [0.15, 0.2) is 166 Å². The van der Waals surface area contributed by atoms with Gasteiger partial charge in [0.1, 0.15) is 59.4 Å². The number of alkyl halides is 12. The Morgan fingerprint density at radius 3 is 0.696 bits per heavy atom. The molecule has 31 nitrogen and oxygen atoms in total. The number of pyridine rings is 5. The number of nitrogen functional groups attached to an aromatic ring is 5. The number of rotatable bonds is 15. The van der Waals surface area contributed by atoms with Crippen LogP contribution in [-0.2, 0) is 24.7 Å². The summed E-state index contributed by atoms with van der Waals surface area (Å²) in [7, 11) is 0. The fourth-order valence-electron chi connectivity index (χ4n) is 23.3. The highest BCUT2D eigenvalue weighted by atomic mass is 35.5. The number of aliphatic hydroxyl groups excluding tert-OH is 1. The zero-order valence-corrected chi connectivity index (χ0v) is 87.5. The van der Waals surface area contributed by atoms with Gasteiger partial charge >= 0.3 is 24.7 Å². The maximum absolute atomic E-state index is 13.2. The van der Waals surface area contributed by atoms with E-state index < -0.39 is 47.5 Å². The lowest BCUT2D eigenvalue weighted by Crippen LogP contribution is -2.47. The Kier molecular flexibility index (Phi) is 34.3. The van der Waals surface area contributed by atoms with Crippen molar-refractivity contribution in [2.24, 2.45) is 79.4 Å². The fraction of sp³-hybridized carbons (Fsp3) is 0.541. The Hall–Kier alpha value is -9.60. The first-order chi connectivity index (χ1) is 70.1. The quantitative estimate of drug-likeness (QED) is 0.0335. The van der Waals surface area contributed by atoms with E-state index >= 15 is 0 Å². The van der Waals surface area contributed by atoms with Crippen molar-refractivity contribution in [2.75, 3.05) is 119 Å². The van der Waals surface area contributed by atoms with E-state index in [0.717, 1.165) is 270 Å². The van der Waals surface area contributed by atoms with Crippen molar-refractivity contribution >= 4 is 140 Å². The third kappa shape index (κ3) is 25.6. The average Bonchev–Trinajstić information content (AvgIpc) is 1.65. The van der Waals surface area contributed by atoms with Crippen LogP contribution in [0.4, 0.5) is 111 Å². The zero-order chi connectivity index (χ0) is 106. The predicted octanol–water partition coefficient (Wildman–Crippen LogP) is 18.9. The molecule has 0 amide bonds. The fourth-order valence-corrected chi connectivity index (χ4v) is 28.0. The number of halogens is 14. The van der Waals surface area contributed by atoms with Crippen molar-refractivity contribution in [3.63, 3.8) is 0 Å². The molecule has 50 heteroatoms. The molecule has 10 fully saturated rings. The third-order valence-electron chi connectivity index (χ3n) is 30.9. The predicted molar refractivity (Wildman–Crippen MR) is 552 cm³/mol. The van der Waals surface area contributed by atoms with Crippen molar-refractivity contribution < 1.29 is 57.8 Å². The van der Waals surface area contributed by atoms with Gasteiger partial charge in [0.05, 0.1) is 42.1 Å². The highest BCUT2D eigenvalue weighted by molar-refractivity contribution is 8.00.